The molecule has 5 rings (SSSR count). The first-order chi connectivity index (χ1) is 17.3. The number of rotatable bonds is 7. The van der Waals surface area contributed by atoms with E-state index in [0.717, 1.165) is 5.56 Å². The van der Waals surface area contributed by atoms with E-state index < -0.39 is 11.9 Å². The van der Waals surface area contributed by atoms with Gasteiger partial charge in [0.25, 0.3) is 5.91 Å². The molecule has 0 aliphatic carbocycles. The summed E-state index contributed by atoms with van der Waals surface area (Å²) in [7, 11) is 1.56. The van der Waals surface area contributed by atoms with Crippen molar-refractivity contribution in [2.24, 2.45) is 5.92 Å². The van der Waals surface area contributed by atoms with Gasteiger partial charge in [-0.3, -0.25) is 9.59 Å². The molecule has 1 aliphatic rings. The number of carbonyl (C=O) groups excluding carboxylic acids is 1. The number of hydrogen-bond donors (Lipinski definition) is 0. The van der Waals surface area contributed by atoms with Crippen LogP contribution in [0.4, 0.5) is 0 Å². The zero-order valence-electron chi connectivity index (χ0n) is 20.5. The van der Waals surface area contributed by atoms with Gasteiger partial charge in [-0.25, -0.2) is 0 Å². The molecular formula is C28H26ClNO6. The van der Waals surface area contributed by atoms with Gasteiger partial charge < -0.3 is 23.2 Å². The highest BCUT2D eigenvalue weighted by Gasteiger charge is 2.43. The van der Waals surface area contributed by atoms with E-state index in [1.807, 2.05) is 13.0 Å². The van der Waals surface area contributed by atoms with Crippen LogP contribution in [0.3, 0.4) is 0 Å². The van der Waals surface area contributed by atoms with E-state index in [4.69, 9.17) is 29.9 Å². The Labute approximate surface area is 213 Å². The number of ether oxygens (including phenoxy) is 2. The summed E-state index contributed by atoms with van der Waals surface area (Å²) in [6.45, 7) is 6.63. The first kappa shape index (κ1) is 24.0. The molecule has 7 nitrogen and oxygen atoms in total. The molecule has 0 N–H and O–H groups in total. The highest BCUT2D eigenvalue weighted by molar-refractivity contribution is 6.32. The second kappa shape index (κ2) is 9.39. The molecule has 0 fully saturated rings. The number of hydrogen-bond acceptors (Lipinski definition) is 6. The van der Waals surface area contributed by atoms with Crippen LogP contribution in [0.15, 0.2) is 62.4 Å². The number of fused-ring (bicyclic) bond motifs is 2. The largest absolute Gasteiger partial charge is 0.493 e. The maximum absolute atomic E-state index is 13.8. The molecule has 1 aliphatic heterocycles. The Morgan fingerprint density at radius 2 is 1.92 bits per heavy atom. The predicted octanol–water partition coefficient (Wildman–Crippen LogP) is 6.14. The number of aryl methyl sites for hydroxylation is 1. The van der Waals surface area contributed by atoms with E-state index in [2.05, 4.69) is 13.8 Å². The van der Waals surface area contributed by atoms with Crippen LogP contribution in [0.1, 0.15) is 52.9 Å². The molecule has 1 amide bonds. The van der Waals surface area contributed by atoms with Crippen molar-refractivity contribution in [3.8, 4) is 11.5 Å². The quantitative estimate of drug-likeness (QED) is 0.299. The van der Waals surface area contributed by atoms with Crippen molar-refractivity contribution in [3.63, 3.8) is 0 Å². The third-order valence-corrected chi connectivity index (χ3v) is 6.64. The standard InChI is InChI=1S/C28H26ClNO6/c1-15(2)14-35-21-8-7-17(11-23(21)33-4)25-24-26(31)19-12-20(29)16(3)10-22(19)36-27(24)28(32)30(25)13-18-6-5-9-34-18/h5-12,15,25H,13-14H2,1-4H3. The SMILES string of the molecule is COc1cc(C2c3c(oc4cc(C)c(Cl)cc4c3=O)C(=O)N2Cc2ccco2)ccc1OCC(C)C. The van der Waals surface area contributed by atoms with E-state index in [1.54, 1.807) is 54.7 Å². The molecule has 1 atom stereocenters. The Kier molecular flexibility index (Phi) is 6.26. The molecular weight excluding hydrogens is 482 g/mol. The predicted molar refractivity (Wildman–Crippen MR) is 136 cm³/mol. The molecule has 0 spiro atoms. The Bertz CT molecular complexity index is 1500. The summed E-state index contributed by atoms with van der Waals surface area (Å²) >= 11 is 6.32. The topological polar surface area (TPSA) is 82.1 Å². The summed E-state index contributed by atoms with van der Waals surface area (Å²) < 4.78 is 23.1. The highest BCUT2D eigenvalue weighted by Crippen LogP contribution is 2.42. The van der Waals surface area contributed by atoms with Crippen molar-refractivity contribution in [1.82, 2.24) is 4.90 Å². The molecule has 3 heterocycles. The van der Waals surface area contributed by atoms with Gasteiger partial charge in [-0.2, -0.15) is 0 Å². The average Bonchev–Trinajstić information content (AvgIpc) is 3.46. The molecule has 2 aromatic carbocycles. The lowest BCUT2D eigenvalue weighted by atomic mass is 9.97. The van der Waals surface area contributed by atoms with Gasteiger partial charge in [0.15, 0.2) is 16.9 Å². The smallest absolute Gasteiger partial charge is 0.291 e. The van der Waals surface area contributed by atoms with Crippen LogP contribution in [-0.2, 0) is 6.54 Å². The summed E-state index contributed by atoms with van der Waals surface area (Å²) in [5.41, 5.74) is 1.72. The average molecular weight is 508 g/mol. The lowest BCUT2D eigenvalue weighted by Gasteiger charge is -2.25. The number of furan rings is 1. The van der Waals surface area contributed by atoms with Gasteiger partial charge in [-0.1, -0.05) is 31.5 Å². The molecule has 2 aromatic heterocycles. The molecule has 186 valence electrons. The fraction of sp³-hybridized carbons (Fsp3) is 0.286. The van der Waals surface area contributed by atoms with Crippen LogP contribution in [0.25, 0.3) is 11.0 Å². The number of amides is 1. The number of nitrogens with zero attached hydrogens (tertiary/aromatic N) is 1. The molecule has 1 unspecified atom stereocenters. The summed E-state index contributed by atoms with van der Waals surface area (Å²) in [5.74, 6) is 1.65. The molecule has 4 aromatic rings. The van der Waals surface area contributed by atoms with E-state index in [-0.39, 0.29) is 23.3 Å². The van der Waals surface area contributed by atoms with Crippen molar-refractivity contribution in [1.29, 1.82) is 0 Å². The highest BCUT2D eigenvalue weighted by atomic mass is 35.5. The molecule has 0 bridgehead atoms. The third kappa shape index (κ3) is 4.13. The van der Waals surface area contributed by atoms with E-state index in [1.165, 1.54) is 0 Å². The van der Waals surface area contributed by atoms with Crippen molar-refractivity contribution in [3.05, 3.63) is 92.2 Å². The third-order valence-electron chi connectivity index (χ3n) is 6.23. The minimum absolute atomic E-state index is 0.0184. The summed E-state index contributed by atoms with van der Waals surface area (Å²) in [5, 5.41) is 0.780. The van der Waals surface area contributed by atoms with Crippen LogP contribution in [-0.4, -0.2) is 24.5 Å². The van der Waals surface area contributed by atoms with E-state index in [0.29, 0.717) is 51.3 Å². The molecule has 0 saturated heterocycles. The van der Waals surface area contributed by atoms with Gasteiger partial charge >= 0.3 is 0 Å². The Balaban J connectivity index is 1.69. The molecule has 8 heteroatoms. The van der Waals surface area contributed by atoms with Crippen LogP contribution in [0.5, 0.6) is 11.5 Å². The first-order valence-electron chi connectivity index (χ1n) is 11.7. The maximum Gasteiger partial charge on any atom is 0.291 e. The second-order valence-corrected chi connectivity index (χ2v) is 9.71. The van der Waals surface area contributed by atoms with Gasteiger partial charge in [-0.15, -0.1) is 0 Å². The maximum atomic E-state index is 13.8. The molecule has 0 radical (unpaired) electrons. The van der Waals surface area contributed by atoms with Gasteiger partial charge in [0.2, 0.25) is 5.76 Å². The fourth-order valence-electron chi connectivity index (χ4n) is 4.45. The van der Waals surface area contributed by atoms with Gasteiger partial charge in [0.1, 0.15) is 11.3 Å². The lowest BCUT2D eigenvalue weighted by molar-refractivity contribution is 0.0701. The van der Waals surface area contributed by atoms with Crippen LogP contribution < -0.4 is 14.9 Å². The molecule has 36 heavy (non-hydrogen) atoms. The lowest BCUT2D eigenvalue weighted by Crippen LogP contribution is -2.29. The summed E-state index contributed by atoms with van der Waals surface area (Å²) in [6, 6.07) is 11.5. The van der Waals surface area contributed by atoms with Gasteiger partial charge in [-0.05, 0) is 60.4 Å². The zero-order valence-corrected chi connectivity index (χ0v) is 21.2. The summed E-state index contributed by atoms with van der Waals surface area (Å²) in [4.78, 5) is 29.0. The van der Waals surface area contributed by atoms with Crippen LogP contribution >= 0.6 is 11.6 Å². The number of halogens is 1. The number of benzene rings is 2. The Hall–Kier alpha value is -3.71. The number of methoxy groups -OCH3 is 1. The van der Waals surface area contributed by atoms with Crippen molar-refractivity contribution in [2.45, 2.75) is 33.4 Å². The normalized spacial score (nSPS) is 15.1. The van der Waals surface area contributed by atoms with E-state index in [9.17, 15) is 9.59 Å². The first-order valence-corrected chi connectivity index (χ1v) is 12.1. The van der Waals surface area contributed by atoms with Crippen molar-refractivity contribution >= 4 is 28.5 Å². The minimum Gasteiger partial charge on any atom is -0.493 e. The van der Waals surface area contributed by atoms with Gasteiger partial charge in [0, 0.05) is 5.02 Å². The zero-order chi connectivity index (χ0) is 25.6. The second-order valence-electron chi connectivity index (χ2n) is 9.30. The van der Waals surface area contributed by atoms with Gasteiger partial charge in [0.05, 0.1) is 43.5 Å². The number of carbonyl (C=O) groups is 1. The Morgan fingerprint density at radius 3 is 2.61 bits per heavy atom. The van der Waals surface area contributed by atoms with E-state index >= 15 is 0 Å². The Morgan fingerprint density at radius 1 is 1.11 bits per heavy atom. The molecule has 0 saturated carbocycles. The van der Waals surface area contributed by atoms with Crippen LogP contribution in [0, 0.1) is 12.8 Å². The minimum atomic E-state index is -0.716. The van der Waals surface area contributed by atoms with Crippen molar-refractivity contribution < 1.29 is 23.1 Å². The summed E-state index contributed by atoms with van der Waals surface area (Å²) in [6.07, 6.45) is 1.55. The monoisotopic (exact) mass is 507 g/mol. The van der Waals surface area contributed by atoms with Crippen LogP contribution in [0.2, 0.25) is 5.02 Å². The van der Waals surface area contributed by atoms with Crippen molar-refractivity contribution in [2.75, 3.05) is 13.7 Å². The fourth-order valence-corrected chi connectivity index (χ4v) is 4.61.